The lowest BCUT2D eigenvalue weighted by atomic mass is 9.90. The molecule has 0 saturated carbocycles. The number of aliphatic hydroxyl groups excluding tert-OH is 2. The zero-order valence-corrected chi connectivity index (χ0v) is 23.2. The molecule has 2 rings (SSSR count). The third kappa shape index (κ3) is 7.68. The topological polar surface area (TPSA) is 127 Å². The molecule has 8 heteroatoms. The van der Waals surface area contributed by atoms with Crippen molar-refractivity contribution in [3.8, 4) is 0 Å². The molecule has 2 aliphatic rings. The molecule has 210 valence electrons. The van der Waals surface area contributed by atoms with Gasteiger partial charge in [0.25, 0.3) is 0 Å². The van der Waals surface area contributed by atoms with E-state index in [9.17, 15) is 29.4 Å². The number of allylic oxidation sites excluding steroid dienone is 4. The van der Waals surface area contributed by atoms with Gasteiger partial charge in [0.1, 0.15) is 0 Å². The highest BCUT2D eigenvalue weighted by atomic mass is 16.5. The van der Waals surface area contributed by atoms with Crippen molar-refractivity contribution in [3.63, 3.8) is 0 Å². The lowest BCUT2D eigenvalue weighted by Crippen LogP contribution is -2.24. The average molecular weight is 531 g/mol. The van der Waals surface area contributed by atoms with Gasteiger partial charge in [-0.25, -0.2) is 0 Å². The summed E-state index contributed by atoms with van der Waals surface area (Å²) >= 11 is 0. The Hall–Kier alpha value is -3.16. The van der Waals surface area contributed by atoms with Crippen molar-refractivity contribution < 1.29 is 38.9 Å². The van der Waals surface area contributed by atoms with Crippen LogP contribution in [0.2, 0.25) is 0 Å². The molecule has 0 aromatic heterocycles. The van der Waals surface area contributed by atoms with E-state index >= 15 is 0 Å². The summed E-state index contributed by atoms with van der Waals surface area (Å²) in [6, 6.07) is 0. The minimum absolute atomic E-state index is 0.0315. The summed E-state index contributed by atoms with van der Waals surface area (Å²) in [5.74, 6) is -2.64. The van der Waals surface area contributed by atoms with Gasteiger partial charge >= 0.3 is 0 Å². The van der Waals surface area contributed by atoms with Gasteiger partial charge < -0.3 is 19.7 Å². The summed E-state index contributed by atoms with van der Waals surface area (Å²) in [5, 5.41) is 20.0. The third-order valence-corrected chi connectivity index (χ3v) is 7.34. The van der Waals surface area contributed by atoms with Gasteiger partial charge in [0, 0.05) is 22.3 Å². The van der Waals surface area contributed by atoms with Gasteiger partial charge in [-0.05, 0) is 39.5 Å². The van der Waals surface area contributed by atoms with Gasteiger partial charge in [-0.15, -0.1) is 0 Å². The number of methoxy groups -OCH3 is 2. The molecule has 0 aliphatic heterocycles. The van der Waals surface area contributed by atoms with Crippen LogP contribution in [0, 0.1) is 0 Å². The number of ketones is 4. The first kappa shape index (κ1) is 31.1. The summed E-state index contributed by atoms with van der Waals surface area (Å²) in [6.07, 6.45) is 13.2. The first-order chi connectivity index (χ1) is 18.2. The fourth-order valence-electron chi connectivity index (χ4n) is 4.96. The molecule has 38 heavy (non-hydrogen) atoms. The second-order valence-electron chi connectivity index (χ2n) is 10.0. The predicted octanol–water partition coefficient (Wildman–Crippen LogP) is 6.22. The van der Waals surface area contributed by atoms with E-state index in [1.807, 2.05) is 0 Å². The number of Topliss-reactive ketones (excluding diaryl/α,β-unsaturated/α-hetero) is 4. The quantitative estimate of drug-likeness (QED) is 0.168. The molecule has 0 bridgehead atoms. The molecule has 2 N–H and O–H groups in total. The number of carbonyl (C=O) groups is 4. The van der Waals surface area contributed by atoms with Crippen LogP contribution in [0.4, 0.5) is 0 Å². The van der Waals surface area contributed by atoms with Crippen LogP contribution in [-0.4, -0.2) is 47.6 Å². The van der Waals surface area contributed by atoms with Crippen LogP contribution in [0.5, 0.6) is 0 Å². The van der Waals surface area contributed by atoms with Gasteiger partial charge in [0.2, 0.25) is 23.1 Å². The lowest BCUT2D eigenvalue weighted by molar-refractivity contribution is -0.120. The lowest BCUT2D eigenvalue weighted by Gasteiger charge is -2.18. The minimum atomic E-state index is -0.530. The Morgan fingerprint density at radius 3 is 1.34 bits per heavy atom. The van der Waals surface area contributed by atoms with Crippen LogP contribution < -0.4 is 0 Å². The molecule has 0 atom stereocenters. The Bertz CT molecular complexity index is 1050. The van der Waals surface area contributed by atoms with Crippen molar-refractivity contribution in [1.29, 1.82) is 0 Å². The summed E-state index contributed by atoms with van der Waals surface area (Å²) in [6.45, 7) is 2.91. The van der Waals surface area contributed by atoms with Gasteiger partial charge in [0.05, 0.1) is 14.2 Å². The standard InChI is InChI=1S/C30H42O8/c1-19-23(31)27(35)22(30(38-4)25(19)33)18-16-14-12-10-8-6-5-7-9-11-13-15-17-21-26(34)24(32)20(2)29(37-3)28(21)36/h31,34H,5-18H2,1-4H3. The van der Waals surface area contributed by atoms with Gasteiger partial charge in [-0.2, -0.15) is 0 Å². The van der Waals surface area contributed by atoms with Crippen LogP contribution in [0.25, 0.3) is 0 Å². The van der Waals surface area contributed by atoms with E-state index in [-0.39, 0.29) is 39.6 Å². The predicted molar refractivity (Wildman–Crippen MR) is 143 cm³/mol. The van der Waals surface area contributed by atoms with E-state index in [1.54, 1.807) is 0 Å². The van der Waals surface area contributed by atoms with Gasteiger partial charge in [-0.3, -0.25) is 19.2 Å². The highest BCUT2D eigenvalue weighted by Gasteiger charge is 2.34. The molecule has 0 amide bonds. The van der Waals surface area contributed by atoms with E-state index in [2.05, 4.69) is 0 Å². The maximum Gasteiger partial charge on any atom is 0.227 e. The Kier molecular flexibility index (Phi) is 12.5. The molecule has 2 aliphatic carbocycles. The van der Waals surface area contributed by atoms with Gasteiger partial charge in [-0.1, -0.05) is 64.2 Å². The second kappa shape index (κ2) is 15.3. The number of aliphatic hydroxyl groups is 2. The normalized spacial score (nSPS) is 16.8. The van der Waals surface area contributed by atoms with Crippen molar-refractivity contribution in [2.45, 2.75) is 104 Å². The minimum Gasteiger partial charge on any atom is -0.504 e. The fourth-order valence-corrected chi connectivity index (χ4v) is 4.96. The Labute approximate surface area is 225 Å². The Morgan fingerprint density at radius 1 is 0.474 bits per heavy atom. The fraction of sp³-hybridized carbons (Fsp3) is 0.600. The number of unbranched alkanes of at least 4 members (excludes halogenated alkanes) is 11. The largest absolute Gasteiger partial charge is 0.504 e. The maximum absolute atomic E-state index is 12.4. The molecular formula is C30H42O8. The number of carbonyl (C=O) groups excluding carboxylic acids is 4. The van der Waals surface area contributed by atoms with Crippen molar-refractivity contribution in [3.05, 3.63) is 45.3 Å². The number of rotatable bonds is 17. The van der Waals surface area contributed by atoms with Crippen LogP contribution in [0.1, 0.15) is 104 Å². The smallest absolute Gasteiger partial charge is 0.227 e. The highest BCUT2D eigenvalue weighted by molar-refractivity contribution is 6.23. The van der Waals surface area contributed by atoms with E-state index in [0.717, 1.165) is 64.2 Å². The maximum atomic E-state index is 12.4. The summed E-state index contributed by atoms with van der Waals surface area (Å²) in [4.78, 5) is 49.0. The summed E-state index contributed by atoms with van der Waals surface area (Å²) < 4.78 is 10.2. The Morgan fingerprint density at radius 2 is 0.895 bits per heavy atom. The van der Waals surface area contributed by atoms with Gasteiger partial charge in [0.15, 0.2) is 23.0 Å². The third-order valence-electron chi connectivity index (χ3n) is 7.34. The molecule has 0 fully saturated rings. The summed E-state index contributed by atoms with van der Waals surface area (Å²) in [5.41, 5.74) is 0.632. The van der Waals surface area contributed by atoms with E-state index < -0.39 is 28.9 Å². The molecular weight excluding hydrogens is 488 g/mol. The number of hydrogen-bond donors (Lipinski definition) is 2. The summed E-state index contributed by atoms with van der Waals surface area (Å²) in [7, 11) is 2.73. The van der Waals surface area contributed by atoms with E-state index in [1.165, 1.54) is 40.9 Å². The number of hydrogen-bond acceptors (Lipinski definition) is 8. The molecule has 0 unspecified atom stereocenters. The average Bonchev–Trinajstić information content (AvgIpc) is 2.91. The van der Waals surface area contributed by atoms with Crippen molar-refractivity contribution in [1.82, 2.24) is 0 Å². The molecule has 0 spiro atoms. The first-order valence-electron chi connectivity index (χ1n) is 13.7. The molecule has 0 heterocycles. The molecule has 0 saturated heterocycles. The molecule has 8 nitrogen and oxygen atoms in total. The zero-order chi connectivity index (χ0) is 28.2. The van der Waals surface area contributed by atoms with Crippen LogP contribution in [0.15, 0.2) is 45.3 Å². The molecule has 0 aromatic carbocycles. The van der Waals surface area contributed by atoms with Crippen LogP contribution >= 0.6 is 0 Å². The highest BCUT2D eigenvalue weighted by Crippen LogP contribution is 2.28. The monoisotopic (exact) mass is 530 g/mol. The second-order valence-corrected chi connectivity index (χ2v) is 10.0. The van der Waals surface area contributed by atoms with E-state index in [0.29, 0.717) is 12.8 Å². The van der Waals surface area contributed by atoms with Crippen molar-refractivity contribution >= 4 is 23.1 Å². The molecule has 0 radical (unpaired) electrons. The molecule has 0 aromatic rings. The number of ether oxygens (including phenoxy) is 2. The zero-order valence-electron chi connectivity index (χ0n) is 23.2. The Balaban J connectivity index is 1.51. The van der Waals surface area contributed by atoms with E-state index in [4.69, 9.17) is 9.47 Å². The SMILES string of the molecule is COC1=C(C)C(=O)C(O)=C(CCCCCCCCCCCCCCC2=C(OC)C(=O)C(C)=C(O)C2=O)C1=O. The van der Waals surface area contributed by atoms with Crippen molar-refractivity contribution in [2.24, 2.45) is 0 Å². The van der Waals surface area contributed by atoms with Crippen LogP contribution in [-0.2, 0) is 28.7 Å². The van der Waals surface area contributed by atoms with Crippen molar-refractivity contribution in [2.75, 3.05) is 14.2 Å². The first-order valence-corrected chi connectivity index (χ1v) is 13.7. The van der Waals surface area contributed by atoms with Crippen LogP contribution in [0.3, 0.4) is 0 Å².